The average Bonchev–Trinajstić information content (AvgIpc) is 2.72. The molecule has 104 valence electrons. The Balaban J connectivity index is 2.21. The first-order valence-corrected chi connectivity index (χ1v) is 8.98. The summed E-state index contributed by atoms with van der Waals surface area (Å²) in [5, 5.41) is 9.61. The van der Waals surface area contributed by atoms with Gasteiger partial charge in [0.15, 0.2) is 0 Å². The molecule has 1 N–H and O–H groups in total. The molecule has 19 heavy (non-hydrogen) atoms. The van der Waals surface area contributed by atoms with E-state index in [1.807, 2.05) is 0 Å². The number of pyridine rings is 1. The van der Waals surface area contributed by atoms with Crippen LogP contribution in [-0.2, 0) is 22.7 Å². The predicted octanol–water partition coefficient (Wildman–Crippen LogP) is 1.41. The molecule has 5 nitrogen and oxygen atoms in total. The van der Waals surface area contributed by atoms with Crippen LogP contribution in [0.2, 0.25) is 0 Å². The Morgan fingerprint density at radius 2 is 2.21 bits per heavy atom. The molecule has 0 spiro atoms. The highest BCUT2D eigenvalue weighted by atomic mass is 32.2. The summed E-state index contributed by atoms with van der Waals surface area (Å²) < 4.78 is 22.2. The van der Waals surface area contributed by atoms with Crippen LogP contribution in [0.25, 0.3) is 0 Å². The lowest BCUT2D eigenvalue weighted by molar-refractivity contribution is 0.0692. The lowest BCUT2D eigenvalue weighted by atomic mass is 10.1. The molecule has 0 amide bonds. The van der Waals surface area contributed by atoms with E-state index in [-0.39, 0.29) is 11.3 Å². The first-order chi connectivity index (χ1) is 8.87. The van der Waals surface area contributed by atoms with E-state index in [1.54, 1.807) is 6.07 Å². The lowest BCUT2D eigenvalue weighted by Gasteiger charge is -2.08. The normalized spacial score (nSPS) is 14.4. The van der Waals surface area contributed by atoms with Gasteiger partial charge in [-0.1, -0.05) is 0 Å². The van der Waals surface area contributed by atoms with E-state index < -0.39 is 15.8 Å². The molecule has 1 aliphatic carbocycles. The molecule has 0 aliphatic heterocycles. The van der Waals surface area contributed by atoms with Gasteiger partial charge in [-0.3, -0.25) is 0 Å². The van der Waals surface area contributed by atoms with E-state index in [2.05, 4.69) is 4.98 Å². The molecule has 0 saturated heterocycles. The second kappa shape index (κ2) is 5.50. The Hall–Kier alpha value is -1.08. The zero-order valence-corrected chi connectivity index (χ0v) is 12.2. The summed E-state index contributed by atoms with van der Waals surface area (Å²) in [5.74, 6) is -0.663. The number of aromatic nitrogens is 1. The molecule has 7 heteroatoms. The smallest absolute Gasteiger partial charge is 0.338 e. The Kier molecular flexibility index (Phi) is 4.15. The van der Waals surface area contributed by atoms with Crippen molar-refractivity contribution < 1.29 is 18.3 Å². The standard InChI is InChI=1S/C12H15NO4S2/c1-19(16,17)6-5-18-11-9(12(14)15)7-8-3-2-4-10(8)13-11/h7H,2-6H2,1H3,(H,14,15). The number of hydrogen-bond acceptors (Lipinski definition) is 5. The second-order valence-corrected chi connectivity index (χ2v) is 7.93. The molecule has 0 atom stereocenters. The Morgan fingerprint density at radius 3 is 2.84 bits per heavy atom. The van der Waals surface area contributed by atoms with E-state index in [1.165, 1.54) is 18.0 Å². The van der Waals surface area contributed by atoms with Crippen molar-refractivity contribution in [2.75, 3.05) is 17.8 Å². The van der Waals surface area contributed by atoms with Crippen molar-refractivity contribution >= 4 is 27.6 Å². The van der Waals surface area contributed by atoms with E-state index in [0.29, 0.717) is 10.8 Å². The van der Waals surface area contributed by atoms with E-state index in [9.17, 15) is 18.3 Å². The topological polar surface area (TPSA) is 84.3 Å². The van der Waals surface area contributed by atoms with Gasteiger partial charge in [0.2, 0.25) is 0 Å². The number of aryl methyl sites for hydroxylation is 2. The van der Waals surface area contributed by atoms with Crippen molar-refractivity contribution in [2.24, 2.45) is 0 Å². The summed E-state index contributed by atoms with van der Waals surface area (Å²) in [6.07, 6.45) is 3.91. The van der Waals surface area contributed by atoms with Crippen molar-refractivity contribution in [1.29, 1.82) is 0 Å². The molecule has 0 aromatic carbocycles. The number of hydrogen-bond donors (Lipinski definition) is 1. The van der Waals surface area contributed by atoms with Gasteiger partial charge in [-0.25, -0.2) is 18.2 Å². The molecule has 0 unspecified atom stereocenters. The minimum absolute atomic E-state index is 0.0233. The highest BCUT2D eigenvalue weighted by Crippen LogP contribution is 2.28. The third kappa shape index (κ3) is 3.70. The van der Waals surface area contributed by atoms with Crippen LogP contribution in [0.1, 0.15) is 28.0 Å². The highest BCUT2D eigenvalue weighted by molar-refractivity contribution is 8.00. The molecule has 0 saturated carbocycles. The number of thioether (sulfide) groups is 1. The fourth-order valence-corrected chi connectivity index (χ4v) is 4.22. The minimum atomic E-state index is -3.03. The quantitative estimate of drug-likeness (QED) is 0.828. The number of rotatable bonds is 5. The van der Waals surface area contributed by atoms with Gasteiger partial charge in [-0.05, 0) is 30.9 Å². The average molecular weight is 301 g/mol. The van der Waals surface area contributed by atoms with Gasteiger partial charge in [0, 0.05) is 17.7 Å². The number of carbonyl (C=O) groups is 1. The largest absolute Gasteiger partial charge is 0.478 e. The third-order valence-electron chi connectivity index (χ3n) is 2.94. The van der Waals surface area contributed by atoms with Crippen LogP contribution in [0.3, 0.4) is 0 Å². The summed E-state index contributed by atoms with van der Waals surface area (Å²) >= 11 is 1.20. The van der Waals surface area contributed by atoms with Crippen LogP contribution in [-0.4, -0.2) is 42.2 Å². The molecule has 2 rings (SSSR count). The van der Waals surface area contributed by atoms with Gasteiger partial charge < -0.3 is 5.11 Å². The lowest BCUT2D eigenvalue weighted by Crippen LogP contribution is -2.08. The van der Waals surface area contributed by atoms with Crippen LogP contribution in [0.4, 0.5) is 0 Å². The first kappa shape index (κ1) is 14.3. The number of fused-ring (bicyclic) bond motifs is 1. The van der Waals surface area contributed by atoms with Crippen LogP contribution >= 0.6 is 11.8 Å². The van der Waals surface area contributed by atoms with Crippen molar-refractivity contribution in [2.45, 2.75) is 24.3 Å². The summed E-state index contributed by atoms with van der Waals surface area (Å²) in [6, 6.07) is 1.68. The zero-order chi connectivity index (χ0) is 14.0. The fourth-order valence-electron chi connectivity index (χ4n) is 2.01. The van der Waals surface area contributed by atoms with Crippen molar-refractivity contribution in [1.82, 2.24) is 4.98 Å². The summed E-state index contributed by atoms with van der Waals surface area (Å²) in [4.78, 5) is 15.6. The first-order valence-electron chi connectivity index (χ1n) is 5.93. The number of nitrogens with zero attached hydrogens (tertiary/aromatic N) is 1. The molecule has 1 heterocycles. The van der Waals surface area contributed by atoms with Crippen molar-refractivity contribution in [3.05, 3.63) is 22.9 Å². The maximum Gasteiger partial charge on any atom is 0.338 e. The minimum Gasteiger partial charge on any atom is -0.478 e. The second-order valence-electron chi connectivity index (χ2n) is 4.58. The van der Waals surface area contributed by atoms with Gasteiger partial charge in [0.1, 0.15) is 14.9 Å². The molecule has 1 aliphatic rings. The van der Waals surface area contributed by atoms with Crippen molar-refractivity contribution in [3.63, 3.8) is 0 Å². The maximum absolute atomic E-state index is 11.2. The number of sulfone groups is 1. The van der Waals surface area contributed by atoms with Crippen molar-refractivity contribution in [3.8, 4) is 0 Å². The third-order valence-corrected chi connectivity index (χ3v) is 5.14. The fraction of sp³-hybridized carbons (Fsp3) is 0.500. The summed E-state index contributed by atoms with van der Waals surface area (Å²) in [7, 11) is -3.03. The Bertz CT molecular complexity index is 610. The monoisotopic (exact) mass is 301 g/mol. The number of carboxylic acids is 1. The van der Waals surface area contributed by atoms with Crippen LogP contribution < -0.4 is 0 Å². The molecule has 1 aromatic rings. The van der Waals surface area contributed by atoms with Gasteiger partial charge in [0.25, 0.3) is 0 Å². The van der Waals surface area contributed by atoms with E-state index >= 15 is 0 Å². The molecular weight excluding hydrogens is 286 g/mol. The van der Waals surface area contributed by atoms with Crippen LogP contribution in [0.15, 0.2) is 11.1 Å². The SMILES string of the molecule is CS(=O)(=O)CCSc1nc2c(cc1C(=O)O)CCC2. The van der Waals surface area contributed by atoms with Crippen LogP contribution in [0.5, 0.6) is 0 Å². The van der Waals surface area contributed by atoms with Gasteiger partial charge >= 0.3 is 5.97 Å². The van der Waals surface area contributed by atoms with E-state index in [4.69, 9.17) is 0 Å². The molecular formula is C12H15NO4S2. The zero-order valence-electron chi connectivity index (χ0n) is 10.5. The Morgan fingerprint density at radius 1 is 1.47 bits per heavy atom. The number of carboxylic acid groups (broad SMARTS) is 1. The molecule has 0 radical (unpaired) electrons. The molecule has 0 fully saturated rings. The Labute approximate surface area is 116 Å². The van der Waals surface area contributed by atoms with Gasteiger partial charge in [0.05, 0.1) is 11.3 Å². The van der Waals surface area contributed by atoms with Gasteiger partial charge in [-0.15, -0.1) is 11.8 Å². The molecule has 1 aromatic heterocycles. The predicted molar refractivity (Wildman–Crippen MR) is 73.7 cm³/mol. The molecule has 0 bridgehead atoms. The number of aromatic carboxylic acids is 1. The summed E-state index contributed by atoms with van der Waals surface area (Å²) in [6.45, 7) is 0. The maximum atomic E-state index is 11.2. The van der Waals surface area contributed by atoms with E-state index in [0.717, 1.165) is 30.5 Å². The van der Waals surface area contributed by atoms with Crippen LogP contribution in [0, 0.1) is 0 Å². The summed E-state index contributed by atoms with van der Waals surface area (Å²) in [5.41, 5.74) is 2.14. The highest BCUT2D eigenvalue weighted by Gasteiger charge is 2.20. The van der Waals surface area contributed by atoms with Gasteiger partial charge in [-0.2, -0.15) is 0 Å².